The molecule has 0 saturated carbocycles. The normalized spacial score (nSPS) is 11.5. The number of nitrogens with zero attached hydrogens (tertiary/aromatic N) is 1. The molecule has 10 heteroatoms. The third-order valence-electron chi connectivity index (χ3n) is 5.20. The van der Waals surface area contributed by atoms with Crippen LogP contribution in [0.3, 0.4) is 0 Å². The van der Waals surface area contributed by atoms with E-state index in [1.165, 1.54) is 48.9 Å². The molecule has 37 heavy (non-hydrogen) atoms. The number of halogens is 2. The van der Waals surface area contributed by atoms with Gasteiger partial charge in [-0.05, 0) is 66.2 Å². The van der Waals surface area contributed by atoms with E-state index in [1.54, 1.807) is 36.4 Å². The number of benzene rings is 3. The molecule has 3 N–H and O–H groups in total. The second-order valence-electron chi connectivity index (χ2n) is 8.08. The van der Waals surface area contributed by atoms with Gasteiger partial charge in [0.05, 0.1) is 26.0 Å². The molecule has 1 aromatic heterocycles. The average molecular weight is 507 g/mol. The number of anilines is 1. The second-order valence-corrected chi connectivity index (χ2v) is 8.08. The molecule has 190 valence electrons. The van der Waals surface area contributed by atoms with Crippen LogP contribution in [0.2, 0.25) is 0 Å². The van der Waals surface area contributed by atoms with Gasteiger partial charge in [0, 0.05) is 17.6 Å². The number of ether oxygens (including phenoxy) is 2. The third-order valence-corrected chi connectivity index (χ3v) is 5.20. The van der Waals surface area contributed by atoms with Gasteiger partial charge in [-0.2, -0.15) is 0 Å². The molecule has 0 radical (unpaired) electrons. The van der Waals surface area contributed by atoms with Crippen LogP contribution in [0.5, 0.6) is 11.5 Å². The van der Waals surface area contributed by atoms with E-state index < -0.39 is 17.9 Å². The first-order valence-electron chi connectivity index (χ1n) is 11.4. The van der Waals surface area contributed by atoms with Crippen molar-refractivity contribution in [3.63, 3.8) is 0 Å². The Morgan fingerprint density at radius 2 is 1.51 bits per heavy atom. The van der Waals surface area contributed by atoms with Gasteiger partial charge in [0.2, 0.25) is 11.8 Å². The van der Waals surface area contributed by atoms with Crippen LogP contribution in [0.25, 0.3) is 0 Å². The minimum absolute atomic E-state index is 0.0111. The summed E-state index contributed by atoms with van der Waals surface area (Å²) in [5.74, 6) is -0.630. The fourth-order valence-electron chi connectivity index (χ4n) is 3.33. The highest BCUT2D eigenvalue weighted by Gasteiger charge is 2.22. The van der Waals surface area contributed by atoms with Gasteiger partial charge >= 0.3 is 0 Å². The zero-order chi connectivity index (χ0) is 26.0. The van der Waals surface area contributed by atoms with Crippen molar-refractivity contribution in [3.8, 4) is 11.5 Å². The molecular weight excluding hydrogens is 482 g/mol. The fourth-order valence-corrected chi connectivity index (χ4v) is 3.33. The predicted molar refractivity (Wildman–Crippen MR) is 132 cm³/mol. The molecule has 0 fully saturated rings. The Morgan fingerprint density at radius 1 is 0.892 bits per heavy atom. The van der Waals surface area contributed by atoms with Gasteiger partial charge in [-0.1, -0.05) is 12.1 Å². The minimum Gasteiger partial charge on any atom is -0.457 e. The van der Waals surface area contributed by atoms with Crippen molar-refractivity contribution in [1.82, 2.24) is 15.3 Å². The molecule has 2 amide bonds. The second kappa shape index (κ2) is 12.4. The van der Waals surface area contributed by atoms with Gasteiger partial charge in [0.15, 0.2) is 0 Å². The minimum atomic E-state index is -0.994. The summed E-state index contributed by atoms with van der Waals surface area (Å²) >= 11 is 0. The maximum absolute atomic E-state index is 13.1. The van der Waals surface area contributed by atoms with E-state index >= 15 is 0 Å². The number of nitrogens with one attached hydrogen (secondary N) is 3. The number of carbonyl (C=O) groups is 2. The van der Waals surface area contributed by atoms with Gasteiger partial charge < -0.3 is 25.1 Å². The van der Waals surface area contributed by atoms with E-state index in [0.29, 0.717) is 22.9 Å². The van der Waals surface area contributed by atoms with Gasteiger partial charge in [0.25, 0.3) is 0 Å². The molecule has 0 bridgehead atoms. The van der Waals surface area contributed by atoms with Crippen molar-refractivity contribution in [1.29, 1.82) is 0 Å². The number of H-pyrrole nitrogens is 1. The van der Waals surface area contributed by atoms with E-state index in [9.17, 15) is 18.4 Å². The Hall–Kier alpha value is -4.57. The van der Waals surface area contributed by atoms with Crippen LogP contribution in [0.4, 0.5) is 14.5 Å². The lowest BCUT2D eigenvalue weighted by Crippen LogP contribution is -2.47. The average Bonchev–Trinajstić information content (AvgIpc) is 3.40. The van der Waals surface area contributed by atoms with E-state index in [2.05, 4.69) is 20.6 Å². The van der Waals surface area contributed by atoms with Crippen molar-refractivity contribution in [2.75, 3.05) is 11.9 Å². The zero-order valence-corrected chi connectivity index (χ0v) is 19.6. The molecule has 3 aromatic carbocycles. The molecular formula is C27H24F2N4O4. The maximum atomic E-state index is 13.1. The zero-order valence-electron chi connectivity index (χ0n) is 19.6. The lowest BCUT2D eigenvalue weighted by atomic mass is 10.2. The highest BCUT2D eigenvalue weighted by molar-refractivity contribution is 5.97. The summed E-state index contributed by atoms with van der Waals surface area (Å²) < 4.78 is 37.5. The Bertz CT molecular complexity index is 1300. The van der Waals surface area contributed by atoms with Crippen LogP contribution in [0, 0.1) is 11.6 Å². The number of amides is 2. The van der Waals surface area contributed by atoms with Crippen molar-refractivity contribution in [2.24, 2.45) is 0 Å². The molecule has 0 aliphatic carbocycles. The van der Waals surface area contributed by atoms with Gasteiger partial charge in [0.1, 0.15) is 29.2 Å². The number of rotatable bonds is 11. The first kappa shape index (κ1) is 25.5. The molecule has 1 atom stereocenters. The van der Waals surface area contributed by atoms with Crippen LogP contribution in [-0.2, 0) is 27.4 Å². The summed E-state index contributed by atoms with van der Waals surface area (Å²) in [6.45, 7) is 0.0274. The predicted octanol–water partition coefficient (Wildman–Crippen LogP) is 4.36. The van der Waals surface area contributed by atoms with E-state index in [-0.39, 0.29) is 31.3 Å². The number of aromatic amines is 1. The first-order valence-corrected chi connectivity index (χ1v) is 11.4. The summed E-state index contributed by atoms with van der Waals surface area (Å²) in [4.78, 5) is 32.2. The SMILES string of the molecule is O=C(Cc1cnc[nH]1)NC(COCc1ccc(F)cc1)C(=O)Nc1ccc(Oc2ccc(F)cc2)cc1. The number of carbonyl (C=O) groups excluding carboxylic acids is 2. The summed E-state index contributed by atoms with van der Waals surface area (Å²) in [6.07, 6.45) is 2.99. The number of imidazole rings is 1. The summed E-state index contributed by atoms with van der Waals surface area (Å²) in [5.41, 5.74) is 1.80. The third kappa shape index (κ3) is 7.97. The van der Waals surface area contributed by atoms with Crippen LogP contribution in [-0.4, -0.2) is 34.4 Å². The first-order chi connectivity index (χ1) is 17.9. The van der Waals surface area contributed by atoms with Crippen molar-refractivity contribution in [3.05, 3.63) is 108 Å². The van der Waals surface area contributed by atoms with Gasteiger partial charge in [-0.15, -0.1) is 0 Å². The molecule has 8 nitrogen and oxygen atoms in total. The Morgan fingerprint density at radius 3 is 2.14 bits per heavy atom. The number of aromatic nitrogens is 2. The summed E-state index contributed by atoms with van der Waals surface area (Å²) in [6, 6.07) is 17.0. The lowest BCUT2D eigenvalue weighted by Gasteiger charge is -2.19. The van der Waals surface area contributed by atoms with E-state index in [0.717, 1.165) is 5.56 Å². The standard InChI is InChI=1S/C27H24F2N4O4/c28-19-3-1-18(2-4-19)15-36-16-25(33-26(34)13-22-14-30-17-31-22)27(35)32-21-7-11-24(12-8-21)37-23-9-5-20(29)6-10-23/h1-12,14,17,25H,13,15-16H2,(H,30,31)(H,32,35)(H,33,34). The molecule has 4 rings (SSSR count). The maximum Gasteiger partial charge on any atom is 0.249 e. The van der Waals surface area contributed by atoms with Gasteiger partial charge in [-0.3, -0.25) is 9.59 Å². The highest BCUT2D eigenvalue weighted by Crippen LogP contribution is 2.23. The Labute approximate surface area is 211 Å². The van der Waals surface area contributed by atoms with E-state index in [1.807, 2.05) is 0 Å². The summed E-state index contributed by atoms with van der Waals surface area (Å²) in [7, 11) is 0. The monoisotopic (exact) mass is 506 g/mol. The largest absolute Gasteiger partial charge is 0.457 e. The summed E-state index contributed by atoms with van der Waals surface area (Å²) in [5, 5.41) is 5.43. The van der Waals surface area contributed by atoms with Gasteiger partial charge in [-0.25, -0.2) is 13.8 Å². The van der Waals surface area contributed by atoms with Crippen molar-refractivity contribution in [2.45, 2.75) is 19.1 Å². The Balaban J connectivity index is 1.37. The van der Waals surface area contributed by atoms with Crippen molar-refractivity contribution < 1.29 is 27.8 Å². The fraction of sp³-hybridized carbons (Fsp3) is 0.148. The smallest absolute Gasteiger partial charge is 0.249 e. The number of hydrogen-bond donors (Lipinski definition) is 3. The molecule has 0 aliphatic rings. The quantitative estimate of drug-likeness (QED) is 0.280. The molecule has 0 spiro atoms. The van der Waals surface area contributed by atoms with Crippen LogP contribution >= 0.6 is 0 Å². The topological polar surface area (TPSA) is 105 Å². The van der Waals surface area contributed by atoms with Crippen LogP contribution in [0.1, 0.15) is 11.3 Å². The Kier molecular flexibility index (Phi) is 8.56. The highest BCUT2D eigenvalue weighted by atomic mass is 19.1. The van der Waals surface area contributed by atoms with Crippen LogP contribution < -0.4 is 15.4 Å². The van der Waals surface area contributed by atoms with Crippen LogP contribution in [0.15, 0.2) is 85.3 Å². The molecule has 1 heterocycles. The molecule has 0 saturated heterocycles. The lowest BCUT2D eigenvalue weighted by molar-refractivity contribution is -0.127. The molecule has 0 aliphatic heterocycles. The van der Waals surface area contributed by atoms with Crippen molar-refractivity contribution >= 4 is 17.5 Å². The number of hydrogen-bond acceptors (Lipinski definition) is 5. The van der Waals surface area contributed by atoms with E-state index in [4.69, 9.17) is 9.47 Å². The molecule has 1 unspecified atom stereocenters. The molecule has 4 aromatic rings.